The van der Waals surface area contributed by atoms with E-state index in [-0.39, 0.29) is 23.5 Å². The van der Waals surface area contributed by atoms with Crippen LogP contribution in [0.3, 0.4) is 0 Å². The van der Waals surface area contributed by atoms with Gasteiger partial charge < -0.3 is 8.74 Å². The molecule has 0 aliphatic heterocycles. The van der Waals surface area contributed by atoms with Crippen LogP contribution in [0.1, 0.15) is 76.0 Å². The molecule has 2 unspecified atom stereocenters. The van der Waals surface area contributed by atoms with Crippen molar-refractivity contribution in [2.75, 3.05) is 0 Å². The van der Waals surface area contributed by atoms with Crippen LogP contribution < -0.4 is 4.18 Å². The van der Waals surface area contributed by atoms with E-state index in [1.54, 1.807) is 0 Å². The summed E-state index contributed by atoms with van der Waals surface area (Å²) in [6, 6.07) is 3.66. The van der Waals surface area contributed by atoms with Crippen LogP contribution in [0.25, 0.3) is 0 Å². The van der Waals surface area contributed by atoms with E-state index in [0.717, 1.165) is 14.8 Å². The largest absolute Gasteiger partial charge is 0.419 e. The Hall–Kier alpha value is -0.240. The summed E-state index contributed by atoms with van der Waals surface area (Å²) in [4.78, 5) is 0. The van der Waals surface area contributed by atoms with Gasteiger partial charge in [0.2, 0.25) is 0 Å². The summed E-state index contributed by atoms with van der Waals surface area (Å²) < 4.78 is 83.5. The van der Waals surface area contributed by atoms with E-state index in [1.807, 2.05) is 53.7 Å². The van der Waals surface area contributed by atoms with Crippen LogP contribution in [0.15, 0.2) is 12.1 Å². The van der Waals surface area contributed by atoms with Gasteiger partial charge in [-0.15, -0.1) is 0 Å². The van der Waals surface area contributed by atoms with E-state index in [4.69, 9.17) is 8.74 Å². The molecule has 0 amide bonds. The molecule has 0 spiro atoms. The molecule has 0 radical (unpaired) electrons. The third-order valence-electron chi connectivity index (χ3n) is 4.27. The molecule has 0 aliphatic rings. The van der Waals surface area contributed by atoms with Crippen molar-refractivity contribution < 1.29 is 30.7 Å². The first-order valence-corrected chi connectivity index (χ1v) is 10.8. The maximum atomic E-state index is 14.3. The Morgan fingerprint density at radius 3 is 1.61 bits per heavy atom. The number of rotatable bonds is 9. The van der Waals surface area contributed by atoms with Gasteiger partial charge in [-0.25, -0.2) is 4.39 Å². The fraction of sp³-hybridized carbons (Fsp3) is 0.667. The van der Waals surface area contributed by atoms with E-state index < -0.39 is 40.0 Å². The molecule has 0 aliphatic carbocycles. The van der Waals surface area contributed by atoms with Gasteiger partial charge in [0.15, 0.2) is 0 Å². The second-order valence-electron chi connectivity index (χ2n) is 7.50. The smallest absolute Gasteiger partial charge is 0.372 e. The topological polar surface area (TPSA) is 29.5 Å². The number of hydrogen-bond donors (Lipinski definition) is 1. The highest BCUT2D eigenvalue weighted by Gasteiger charge is 2.69. The van der Waals surface area contributed by atoms with Crippen LogP contribution in [0.4, 0.5) is 22.0 Å². The van der Waals surface area contributed by atoms with Crippen molar-refractivity contribution in [2.24, 2.45) is 0 Å². The Morgan fingerprint density at radius 2 is 1.29 bits per heavy atom. The fourth-order valence-corrected chi connectivity index (χ4v) is 3.63. The standard InChI is InChI=1S/C18H26F5O2PS2/c1-9(2)12-7-13(10(3)4)15(14(8-12)11(5)6)25-28-18(22,23)16(19,26)17(20,21)27-24/h7-11,24H,26H2,1-6H3. The lowest BCUT2D eigenvalue weighted by molar-refractivity contribution is -0.114. The summed E-state index contributed by atoms with van der Waals surface area (Å²) >= 11 is -1.95. The zero-order chi connectivity index (χ0) is 22.1. The second-order valence-corrected chi connectivity index (χ2v) is 9.83. The van der Waals surface area contributed by atoms with Crippen LogP contribution in [0, 0.1) is 0 Å². The summed E-state index contributed by atoms with van der Waals surface area (Å²) in [5, 5.41) is -13.8. The fourth-order valence-electron chi connectivity index (χ4n) is 2.38. The Bertz CT molecular complexity index is 653. The van der Waals surface area contributed by atoms with Crippen molar-refractivity contribution in [3.05, 3.63) is 28.8 Å². The average Bonchev–Trinajstić information content (AvgIpc) is 2.58. The molecular weight excluding hydrogens is 438 g/mol. The van der Waals surface area contributed by atoms with Gasteiger partial charge in [0.05, 0.1) is 12.0 Å². The van der Waals surface area contributed by atoms with Gasteiger partial charge in [-0.05, 0) is 34.4 Å². The Kier molecular flexibility index (Phi) is 8.54. The van der Waals surface area contributed by atoms with Crippen LogP contribution >= 0.6 is 33.3 Å². The second kappa shape index (κ2) is 9.27. The molecule has 0 bridgehead atoms. The molecule has 10 heteroatoms. The third-order valence-corrected chi connectivity index (χ3v) is 6.70. The first-order chi connectivity index (χ1) is 12.6. The third kappa shape index (κ3) is 5.27. The van der Waals surface area contributed by atoms with Gasteiger partial charge in [0.1, 0.15) is 17.8 Å². The first-order valence-electron chi connectivity index (χ1n) is 8.68. The highest BCUT2D eigenvalue weighted by molar-refractivity contribution is 7.97. The molecule has 162 valence electrons. The van der Waals surface area contributed by atoms with Gasteiger partial charge in [0.25, 0.3) is 5.41 Å². The predicted octanol–water partition coefficient (Wildman–Crippen LogP) is 8.02. The highest BCUT2D eigenvalue weighted by Crippen LogP contribution is 2.58. The van der Waals surface area contributed by atoms with Gasteiger partial charge in [0, 0.05) is 0 Å². The molecule has 2 atom stereocenters. The van der Waals surface area contributed by atoms with Crippen molar-refractivity contribution >= 4 is 33.3 Å². The number of benzene rings is 1. The molecular formula is C18H26F5O2PS2. The Balaban J connectivity index is 3.38. The predicted molar refractivity (Wildman–Crippen MR) is 111 cm³/mol. The van der Waals surface area contributed by atoms with Gasteiger partial charge in [-0.1, -0.05) is 62.9 Å². The van der Waals surface area contributed by atoms with Crippen molar-refractivity contribution in [1.82, 2.24) is 0 Å². The SMILES string of the molecule is CC(C)c1cc(C(C)C)c(OSC(F)(F)C(F)(P)C(F)(F)SO)c(C(C)C)c1. The lowest BCUT2D eigenvalue weighted by Crippen LogP contribution is -2.49. The lowest BCUT2D eigenvalue weighted by atomic mass is 9.88. The number of hydrogen-bond acceptors (Lipinski definition) is 4. The monoisotopic (exact) mass is 464 g/mol. The molecule has 0 heterocycles. The number of halogens is 5. The van der Waals surface area contributed by atoms with Crippen molar-refractivity contribution in [3.63, 3.8) is 0 Å². The molecule has 0 saturated heterocycles. The summed E-state index contributed by atoms with van der Waals surface area (Å²) in [6.07, 6.45) is 0. The minimum absolute atomic E-state index is 0.0963. The maximum Gasteiger partial charge on any atom is 0.372 e. The summed E-state index contributed by atoms with van der Waals surface area (Å²) in [5.41, 5.74) is 2.26. The zero-order valence-corrected chi connectivity index (χ0v) is 19.3. The number of alkyl halides is 5. The quantitative estimate of drug-likeness (QED) is 0.228. The minimum Gasteiger partial charge on any atom is -0.419 e. The maximum absolute atomic E-state index is 14.3. The van der Waals surface area contributed by atoms with E-state index in [1.165, 1.54) is 0 Å². The zero-order valence-electron chi connectivity index (χ0n) is 16.5. The van der Waals surface area contributed by atoms with Crippen molar-refractivity contribution in [2.45, 2.75) is 75.2 Å². The summed E-state index contributed by atoms with van der Waals surface area (Å²) in [5.74, 6) is 0.116. The van der Waals surface area contributed by atoms with Gasteiger partial charge in [-0.3, -0.25) is 0 Å². The molecule has 0 fully saturated rings. The van der Waals surface area contributed by atoms with E-state index in [9.17, 15) is 22.0 Å². The Morgan fingerprint density at radius 1 is 0.857 bits per heavy atom. The van der Waals surface area contributed by atoms with Crippen LogP contribution in [0.5, 0.6) is 5.75 Å². The highest BCUT2D eigenvalue weighted by atomic mass is 32.2. The van der Waals surface area contributed by atoms with Crippen molar-refractivity contribution in [1.29, 1.82) is 0 Å². The first kappa shape index (κ1) is 25.8. The molecule has 0 aromatic heterocycles. The van der Waals surface area contributed by atoms with E-state index >= 15 is 0 Å². The van der Waals surface area contributed by atoms with Crippen LogP contribution in [-0.4, -0.2) is 20.5 Å². The summed E-state index contributed by atoms with van der Waals surface area (Å²) in [6.45, 7) is 11.4. The molecule has 1 N–H and O–H groups in total. The molecule has 28 heavy (non-hydrogen) atoms. The normalized spacial score (nSPS) is 15.4. The van der Waals surface area contributed by atoms with Gasteiger partial charge >= 0.3 is 10.5 Å². The summed E-state index contributed by atoms with van der Waals surface area (Å²) in [7, 11) is 0.795. The Labute approximate surface area is 174 Å². The lowest BCUT2D eigenvalue weighted by Gasteiger charge is -2.33. The minimum atomic E-state index is -4.75. The molecule has 1 aromatic rings. The molecule has 1 aromatic carbocycles. The van der Waals surface area contributed by atoms with E-state index in [2.05, 4.69) is 0 Å². The van der Waals surface area contributed by atoms with Crippen LogP contribution in [-0.2, 0) is 0 Å². The van der Waals surface area contributed by atoms with Crippen LogP contribution in [0.2, 0.25) is 0 Å². The molecule has 2 nitrogen and oxygen atoms in total. The van der Waals surface area contributed by atoms with Gasteiger partial charge in [-0.2, -0.15) is 17.6 Å². The molecule has 0 saturated carbocycles. The van der Waals surface area contributed by atoms with E-state index in [0.29, 0.717) is 11.1 Å². The average molecular weight is 465 g/mol. The molecule has 1 rings (SSSR count). The van der Waals surface area contributed by atoms with Crippen molar-refractivity contribution in [3.8, 4) is 5.75 Å².